The third kappa shape index (κ3) is 89.0. The molecule has 37 heteroatoms. The van der Waals surface area contributed by atoms with Crippen molar-refractivity contribution in [2.75, 3.05) is 138 Å². The number of ether oxygens (including phenoxy) is 8. The third-order valence-electron chi connectivity index (χ3n) is 24.8. The Labute approximate surface area is 852 Å². The molecule has 0 heterocycles. The zero-order valence-electron chi connectivity index (χ0n) is 87.8. The minimum Gasteiger partial charge on any atom is -0.481 e. The fourth-order valence-corrected chi connectivity index (χ4v) is 15.9. The van der Waals surface area contributed by atoms with Gasteiger partial charge in [0.15, 0.2) is 11.6 Å². The number of nitrogens with one attached hydrogen (secondary N) is 6. The van der Waals surface area contributed by atoms with E-state index in [9.17, 15) is 91.7 Å². The second-order valence-corrected chi connectivity index (χ2v) is 39.0. The summed E-state index contributed by atoms with van der Waals surface area (Å²) < 4.78 is 43.6. The summed E-state index contributed by atoms with van der Waals surface area (Å²) in [6, 6.07) is -2.65. The first-order valence-corrected chi connectivity index (χ1v) is 54.0. The summed E-state index contributed by atoms with van der Waals surface area (Å²) in [5.74, 6) is -8.53. The van der Waals surface area contributed by atoms with Gasteiger partial charge in [0.2, 0.25) is 35.4 Å². The molecule has 0 spiro atoms. The first kappa shape index (κ1) is 135. The molecule has 0 saturated carbocycles. The summed E-state index contributed by atoms with van der Waals surface area (Å²) in [7, 11) is 0. The first-order valence-electron chi connectivity index (χ1n) is 54.0. The number of carboxylic acids is 4. The van der Waals surface area contributed by atoms with Gasteiger partial charge < -0.3 is 102 Å². The molecule has 14 N–H and O–H groups in total. The van der Waals surface area contributed by atoms with Crippen LogP contribution in [0.25, 0.3) is 0 Å². The van der Waals surface area contributed by atoms with Crippen LogP contribution < -0.4 is 43.4 Å². The molecule has 6 amide bonds. The highest BCUT2D eigenvalue weighted by Gasteiger charge is 2.32. The molecular formula is C106H188N8O29. The van der Waals surface area contributed by atoms with Crippen LogP contribution in [0.2, 0.25) is 0 Å². The number of aliphatic carboxylic acids is 4. The largest absolute Gasteiger partial charge is 0.481 e. The van der Waals surface area contributed by atoms with Gasteiger partial charge in [-0.15, -0.1) is 0 Å². The Morgan fingerprint density at radius 3 is 1.01 bits per heavy atom. The van der Waals surface area contributed by atoms with Gasteiger partial charge in [-0.3, -0.25) is 76.7 Å². The number of ketones is 7. The van der Waals surface area contributed by atoms with E-state index in [0.717, 1.165) is 109 Å². The average Bonchev–Trinajstić information content (AvgIpc) is 0.864. The van der Waals surface area contributed by atoms with Crippen LogP contribution in [0.5, 0.6) is 0 Å². The van der Waals surface area contributed by atoms with E-state index in [1.807, 2.05) is 0 Å². The van der Waals surface area contributed by atoms with Gasteiger partial charge in [-0.2, -0.15) is 0 Å². The molecule has 0 unspecified atom stereocenters. The molecule has 0 rings (SSSR count). The minimum atomic E-state index is -1.18. The molecule has 0 radical (unpaired) electrons. The number of carboxylic acid groups (broad SMARTS) is 4. The molecule has 0 aliphatic carbocycles. The highest BCUT2D eigenvalue weighted by molar-refractivity contribution is 5.93. The summed E-state index contributed by atoms with van der Waals surface area (Å²) in [5, 5.41) is 53.2. The van der Waals surface area contributed by atoms with Crippen LogP contribution in [0.1, 0.15) is 394 Å². The maximum absolute atomic E-state index is 13.9. The van der Waals surface area contributed by atoms with E-state index in [1.165, 1.54) is 71.1 Å². The van der Waals surface area contributed by atoms with Gasteiger partial charge in [-0.05, 0) is 116 Å². The van der Waals surface area contributed by atoms with Crippen molar-refractivity contribution in [2.45, 2.75) is 412 Å². The molecule has 37 nitrogen and oxygen atoms in total. The van der Waals surface area contributed by atoms with Crippen molar-refractivity contribution >= 4 is 99.8 Å². The molecule has 0 aliphatic heterocycles. The highest BCUT2D eigenvalue weighted by Crippen LogP contribution is 2.28. The van der Waals surface area contributed by atoms with Crippen LogP contribution in [0.3, 0.4) is 0 Å². The van der Waals surface area contributed by atoms with E-state index < -0.39 is 65.2 Å². The molecule has 0 fully saturated rings. The van der Waals surface area contributed by atoms with Gasteiger partial charge >= 0.3 is 23.9 Å². The molecule has 0 aliphatic rings. The van der Waals surface area contributed by atoms with E-state index in [0.29, 0.717) is 142 Å². The van der Waals surface area contributed by atoms with Gasteiger partial charge in [0.05, 0.1) is 84.1 Å². The maximum Gasteiger partial charge on any atom is 0.326 e. The molecule has 826 valence electrons. The summed E-state index contributed by atoms with van der Waals surface area (Å²) in [4.78, 5) is 210. The number of nitrogens with two attached hydrogens (primary N) is 2. The quantitative estimate of drug-likeness (QED) is 0.0252. The van der Waals surface area contributed by atoms with Gasteiger partial charge in [-0.1, -0.05) is 201 Å². The number of rotatable bonds is 108. The smallest absolute Gasteiger partial charge is 0.326 e. The molecule has 6 atom stereocenters. The van der Waals surface area contributed by atoms with E-state index in [1.54, 1.807) is 20.8 Å². The van der Waals surface area contributed by atoms with E-state index in [4.69, 9.17) is 59.6 Å². The Hall–Kier alpha value is -8.01. The Morgan fingerprint density at radius 1 is 0.259 bits per heavy atom. The van der Waals surface area contributed by atoms with Crippen LogP contribution >= 0.6 is 0 Å². The fourth-order valence-electron chi connectivity index (χ4n) is 15.9. The SMILES string of the molecule is CC(=O)[C@H](CCCCNC(=O)[C@@H](N)CCCCCC(=O)COCCOCCNC(=O)COCCOCCCC(=O)CC[C@H](NC(=O)CCCCCCCCCCCCCCCCC(=O)O)C(=O)O)CC(=O)[C@H](CCCCNC(=O)[C@@H](N)CCCCNC(=O)COCCOCCCC(=O)COCCOCCNC(=O)CC[C@H](CC(=O)CCCCCCCCCCCCCCCCC(=O)O)C(=O)O)CC(=O)C(C)(C)C. The van der Waals surface area contributed by atoms with Crippen molar-refractivity contribution < 1.29 is 140 Å². The lowest BCUT2D eigenvalue weighted by Crippen LogP contribution is -2.41. The lowest BCUT2D eigenvalue weighted by molar-refractivity contribution is -0.144. The number of hydrogen-bond acceptors (Lipinski definition) is 27. The number of hydrogen-bond donors (Lipinski definition) is 12. The lowest BCUT2D eigenvalue weighted by Gasteiger charge is -2.23. The second kappa shape index (κ2) is 93.7. The first-order chi connectivity index (χ1) is 68.7. The molecule has 0 aromatic rings. The van der Waals surface area contributed by atoms with Crippen LogP contribution in [0, 0.1) is 23.2 Å². The van der Waals surface area contributed by atoms with E-state index in [-0.39, 0.29) is 265 Å². The van der Waals surface area contributed by atoms with Crippen molar-refractivity contribution in [3.63, 3.8) is 0 Å². The topological polar surface area (TPSA) is 569 Å². The third-order valence-corrected chi connectivity index (χ3v) is 24.8. The standard InChI is InChI=1S/C106H188N8O29/c1-83(115)84(44-36-39-60-112-102(130)91(107)50-32-29-31-47-89(118)79-140-72-71-139-67-63-111-99(125)82-143-75-68-136-64-42-48-87(116)56-57-93(105(134)135)114-97(123)52-33-26-22-18-14-10-6-8-12-16-20-24-28-35-54-101(128)129)77-94(120)85(78-95(121)106(2,3)4)45-37-40-61-113-103(131)92(108)51-38-41-59-109-98(124)81-142-74-69-137-65-43-49-90(119)80-141-73-70-138-66-62-110-96(122)58-55-86(104(132)133)76-88(117)46-30-25-21-17-13-9-5-7-11-15-19-23-27-34-53-100(126)127/h84-86,91-93H,5-82,107-108H2,1-4H3,(H,109,124)(H,110,122)(H,111,125)(H,112,130)(H,113,131)(H,114,123)(H,126,127)(H,128,129)(H,132,133)(H,134,135)/t84-,85-,86-,91+,92+,93+/m1/s1. The van der Waals surface area contributed by atoms with Crippen molar-refractivity contribution in [3.8, 4) is 0 Å². The second-order valence-electron chi connectivity index (χ2n) is 39.0. The van der Waals surface area contributed by atoms with Crippen LogP contribution in [-0.2, 0) is 119 Å². The molecule has 0 saturated heterocycles. The van der Waals surface area contributed by atoms with Crippen LogP contribution in [0.15, 0.2) is 0 Å². The predicted octanol–water partition coefficient (Wildman–Crippen LogP) is 13.3. The Kier molecular flexibility index (Phi) is 88.5. The number of amides is 6. The van der Waals surface area contributed by atoms with E-state index in [2.05, 4.69) is 31.9 Å². The minimum absolute atomic E-state index is 0.00715. The zero-order valence-corrected chi connectivity index (χ0v) is 87.8. The highest BCUT2D eigenvalue weighted by atomic mass is 16.5. The lowest BCUT2D eigenvalue weighted by atomic mass is 9.79. The molecule has 0 bridgehead atoms. The van der Waals surface area contributed by atoms with Crippen LogP contribution in [0.4, 0.5) is 0 Å². The predicted molar refractivity (Wildman–Crippen MR) is 544 cm³/mol. The average molecular weight is 2040 g/mol. The Balaban J connectivity index is 4.12. The summed E-state index contributed by atoms with van der Waals surface area (Å²) >= 11 is 0. The fraction of sp³-hybridized carbons (Fsp3) is 0.840. The number of carbonyl (C=O) groups excluding carboxylic acids is 13. The van der Waals surface area contributed by atoms with Gasteiger partial charge in [-0.25, -0.2) is 4.79 Å². The summed E-state index contributed by atoms with van der Waals surface area (Å²) in [6.45, 7) is 10.3. The Bertz CT molecular complexity index is 3460. The summed E-state index contributed by atoms with van der Waals surface area (Å²) in [6.07, 6.45) is 39.5. The van der Waals surface area contributed by atoms with Gasteiger partial charge in [0.25, 0.3) is 0 Å². The van der Waals surface area contributed by atoms with Crippen LogP contribution in [-0.4, -0.2) is 277 Å². The monoisotopic (exact) mass is 2040 g/mol. The molecular weight excluding hydrogens is 1850 g/mol. The van der Waals surface area contributed by atoms with Gasteiger partial charge in [0.1, 0.15) is 61.4 Å². The number of carbonyl (C=O) groups is 17. The normalized spacial score (nSPS) is 12.7. The molecule has 0 aromatic carbocycles. The Morgan fingerprint density at radius 2 is 0.594 bits per heavy atom. The number of unbranched alkanes of at least 4 members (excludes halogenated alkanes) is 31. The summed E-state index contributed by atoms with van der Waals surface area (Å²) in [5.41, 5.74) is 11.7. The zero-order chi connectivity index (χ0) is 106. The van der Waals surface area contributed by atoms with E-state index >= 15 is 0 Å². The number of Topliss-reactive ketones (excluding diaryl/α,β-unsaturated/α-hetero) is 7. The maximum atomic E-state index is 13.9. The van der Waals surface area contributed by atoms with Gasteiger partial charge in [0, 0.05) is 140 Å². The van der Waals surface area contributed by atoms with Crippen molar-refractivity contribution in [1.29, 1.82) is 0 Å². The van der Waals surface area contributed by atoms with Crippen molar-refractivity contribution in [2.24, 2.45) is 34.6 Å². The van der Waals surface area contributed by atoms with Crippen molar-refractivity contribution in [1.82, 2.24) is 31.9 Å². The molecule has 143 heavy (non-hydrogen) atoms. The van der Waals surface area contributed by atoms with Crippen molar-refractivity contribution in [3.05, 3.63) is 0 Å². The molecule has 0 aromatic heterocycles.